The van der Waals surface area contributed by atoms with Crippen molar-refractivity contribution < 1.29 is 13.9 Å². The zero-order valence-electron chi connectivity index (χ0n) is 9.03. The Labute approximate surface area is 96.6 Å². The lowest BCUT2D eigenvalue weighted by Gasteiger charge is -2.09. The minimum Gasteiger partial charge on any atom is -0.494 e. The van der Waals surface area contributed by atoms with Crippen LogP contribution in [-0.2, 0) is 0 Å². The maximum Gasteiger partial charge on any atom is 0.258 e. The molecule has 1 aromatic carbocycles. The van der Waals surface area contributed by atoms with Crippen LogP contribution in [0.3, 0.4) is 0 Å². The number of halogens is 1. The first-order valence-corrected chi connectivity index (χ1v) is 4.84. The van der Waals surface area contributed by atoms with Crippen LogP contribution < -0.4 is 10.1 Å². The van der Waals surface area contributed by atoms with Crippen molar-refractivity contribution in [1.29, 1.82) is 0 Å². The first-order chi connectivity index (χ1) is 8.20. The SMILES string of the molecule is COc1cc(F)ccc1NC(=O)c1cn[nH]c1. The van der Waals surface area contributed by atoms with Crippen LogP contribution in [0.2, 0.25) is 0 Å². The number of hydrogen-bond donors (Lipinski definition) is 2. The van der Waals surface area contributed by atoms with Gasteiger partial charge in [-0.3, -0.25) is 9.89 Å². The molecule has 0 unspecified atom stereocenters. The first-order valence-electron chi connectivity index (χ1n) is 4.84. The van der Waals surface area contributed by atoms with Gasteiger partial charge in [0.2, 0.25) is 0 Å². The molecule has 17 heavy (non-hydrogen) atoms. The highest BCUT2D eigenvalue weighted by atomic mass is 19.1. The quantitative estimate of drug-likeness (QED) is 0.852. The molecule has 1 aromatic heterocycles. The summed E-state index contributed by atoms with van der Waals surface area (Å²) in [4.78, 5) is 11.7. The number of aromatic nitrogens is 2. The fourth-order valence-electron chi connectivity index (χ4n) is 1.34. The topological polar surface area (TPSA) is 67.0 Å². The number of carbonyl (C=O) groups excluding carboxylic acids is 1. The number of rotatable bonds is 3. The van der Waals surface area contributed by atoms with E-state index in [0.717, 1.165) is 0 Å². The van der Waals surface area contributed by atoms with Gasteiger partial charge in [-0.2, -0.15) is 5.10 Å². The fraction of sp³-hybridized carbons (Fsp3) is 0.0909. The van der Waals surface area contributed by atoms with E-state index in [-0.39, 0.29) is 11.7 Å². The molecule has 6 heteroatoms. The van der Waals surface area contributed by atoms with E-state index in [2.05, 4.69) is 15.5 Å². The van der Waals surface area contributed by atoms with E-state index in [1.54, 1.807) is 0 Å². The molecule has 0 aliphatic rings. The zero-order chi connectivity index (χ0) is 12.3. The van der Waals surface area contributed by atoms with Crippen molar-refractivity contribution >= 4 is 11.6 Å². The van der Waals surface area contributed by atoms with Gasteiger partial charge in [0.15, 0.2) is 0 Å². The summed E-state index contributed by atoms with van der Waals surface area (Å²) in [7, 11) is 1.41. The third-order valence-electron chi connectivity index (χ3n) is 2.17. The molecule has 1 heterocycles. The number of methoxy groups -OCH3 is 1. The highest BCUT2D eigenvalue weighted by molar-refractivity contribution is 6.04. The molecule has 2 aromatic rings. The van der Waals surface area contributed by atoms with Crippen LogP contribution in [0.15, 0.2) is 30.6 Å². The molecule has 2 rings (SSSR count). The summed E-state index contributed by atoms with van der Waals surface area (Å²) in [6.45, 7) is 0. The van der Waals surface area contributed by atoms with Crippen molar-refractivity contribution in [3.05, 3.63) is 42.0 Å². The molecule has 0 atom stereocenters. The molecule has 5 nitrogen and oxygen atoms in total. The number of amides is 1. The fourth-order valence-corrected chi connectivity index (χ4v) is 1.34. The zero-order valence-corrected chi connectivity index (χ0v) is 9.03. The molecule has 2 N–H and O–H groups in total. The first kappa shape index (κ1) is 11.1. The summed E-state index contributed by atoms with van der Waals surface area (Å²) in [6, 6.07) is 3.88. The largest absolute Gasteiger partial charge is 0.494 e. The normalized spacial score (nSPS) is 10.0. The molecule has 0 saturated heterocycles. The molecule has 0 bridgehead atoms. The van der Waals surface area contributed by atoms with Crippen LogP contribution in [-0.4, -0.2) is 23.2 Å². The molecule has 0 aliphatic heterocycles. The maximum absolute atomic E-state index is 12.9. The van der Waals surface area contributed by atoms with Gasteiger partial charge in [-0.15, -0.1) is 0 Å². The Morgan fingerprint density at radius 1 is 1.53 bits per heavy atom. The van der Waals surface area contributed by atoms with E-state index in [1.807, 2.05) is 0 Å². The smallest absolute Gasteiger partial charge is 0.258 e. The van der Waals surface area contributed by atoms with E-state index in [4.69, 9.17) is 4.74 Å². The van der Waals surface area contributed by atoms with Gasteiger partial charge in [0.05, 0.1) is 24.6 Å². The number of anilines is 1. The number of ether oxygens (including phenoxy) is 1. The number of aromatic amines is 1. The van der Waals surface area contributed by atoms with Crippen LogP contribution in [0, 0.1) is 5.82 Å². The van der Waals surface area contributed by atoms with Gasteiger partial charge in [0, 0.05) is 12.3 Å². The second-order valence-corrected chi connectivity index (χ2v) is 3.29. The Bertz CT molecular complexity index is 526. The predicted molar refractivity (Wildman–Crippen MR) is 59.5 cm³/mol. The summed E-state index contributed by atoms with van der Waals surface area (Å²) in [5.74, 6) is -0.506. The third-order valence-corrected chi connectivity index (χ3v) is 2.17. The Kier molecular flexibility index (Phi) is 3.04. The number of benzene rings is 1. The summed E-state index contributed by atoms with van der Waals surface area (Å²) >= 11 is 0. The van der Waals surface area contributed by atoms with Crippen LogP contribution >= 0.6 is 0 Å². The van der Waals surface area contributed by atoms with Crippen molar-refractivity contribution in [2.45, 2.75) is 0 Å². The van der Waals surface area contributed by atoms with Gasteiger partial charge < -0.3 is 10.1 Å². The van der Waals surface area contributed by atoms with E-state index in [1.165, 1.54) is 37.7 Å². The van der Waals surface area contributed by atoms with Gasteiger partial charge in [-0.25, -0.2) is 4.39 Å². The third kappa shape index (κ3) is 2.41. The monoisotopic (exact) mass is 235 g/mol. The number of nitrogens with zero attached hydrogens (tertiary/aromatic N) is 1. The number of carbonyl (C=O) groups is 1. The lowest BCUT2D eigenvalue weighted by molar-refractivity contribution is 0.102. The average molecular weight is 235 g/mol. The number of hydrogen-bond acceptors (Lipinski definition) is 3. The Morgan fingerprint density at radius 3 is 3.00 bits per heavy atom. The van der Waals surface area contributed by atoms with E-state index in [0.29, 0.717) is 11.3 Å². The molecular weight excluding hydrogens is 225 g/mol. The second kappa shape index (κ2) is 4.65. The molecule has 0 spiro atoms. The molecule has 0 radical (unpaired) electrons. The lowest BCUT2D eigenvalue weighted by Crippen LogP contribution is -2.11. The summed E-state index contributed by atoms with van der Waals surface area (Å²) < 4.78 is 17.9. The highest BCUT2D eigenvalue weighted by Crippen LogP contribution is 2.25. The van der Waals surface area contributed by atoms with Gasteiger partial charge in [-0.1, -0.05) is 0 Å². The standard InChI is InChI=1S/C11H10FN3O2/c1-17-10-4-8(12)2-3-9(10)15-11(16)7-5-13-14-6-7/h2-6H,1H3,(H,13,14)(H,15,16). The van der Waals surface area contributed by atoms with E-state index < -0.39 is 5.82 Å². The lowest BCUT2D eigenvalue weighted by atomic mass is 10.2. The van der Waals surface area contributed by atoms with Crippen molar-refractivity contribution in [3.63, 3.8) is 0 Å². The van der Waals surface area contributed by atoms with Crippen molar-refractivity contribution in [3.8, 4) is 5.75 Å². The van der Waals surface area contributed by atoms with Crippen LogP contribution in [0.25, 0.3) is 0 Å². The summed E-state index contributed by atoms with van der Waals surface area (Å²) in [5.41, 5.74) is 0.788. The van der Waals surface area contributed by atoms with Gasteiger partial charge in [0.1, 0.15) is 11.6 Å². The Hall–Kier alpha value is -2.37. The Morgan fingerprint density at radius 2 is 2.35 bits per heavy atom. The second-order valence-electron chi connectivity index (χ2n) is 3.29. The molecule has 1 amide bonds. The molecule has 0 saturated carbocycles. The van der Waals surface area contributed by atoms with E-state index >= 15 is 0 Å². The van der Waals surface area contributed by atoms with Crippen molar-refractivity contribution in [2.75, 3.05) is 12.4 Å². The Balaban J connectivity index is 2.21. The van der Waals surface area contributed by atoms with E-state index in [9.17, 15) is 9.18 Å². The van der Waals surface area contributed by atoms with Gasteiger partial charge in [-0.05, 0) is 12.1 Å². The van der Waals surface area contributed by atoms with Crippen molar-refractivity contribution in [1.82, 2.24) is 10.2 Å². The number of H-pyrrole nitrogens is 1. The van der Waals surface area contributed by atoms with Crippen molar-refractivity contribution in [2.24, 2.45) is 0 Å². The molecular formula is C11H10FN3O2. The number of nitrogens with one attached hydrogen (secondary N) is 2. The van der Waals surface area contributed by atoms with Crippen LogP contribution in [0.1, 0.15) is 10.4 Å². The highest BCUT2D eigenvalue weighted by Gasteiger charge is 2.10. The van der Waals surface area contributed by atoms with Gasteiger partial charge >= 0.3 is 0 Å². The van der Waals surface area contributed by atoms with Crippen LogP contribution in [0.4, 0.5) is 10.1 Å². The van der Waals surface area contributed by atoms with Crippen LogP contribution in [0.5, 0.6) is 5.75 Å². The summed E-state index contributed by atoms with van der Waals surface area (Å²) in [5, 5.41) is 8.80. The molecule has 88 valence electrons. The predicted octanol–water partition coefficient (Wildman–Crippen LogP) is 1.81. The summed E-state index contributed by atoms with van der Waals surface area (Å²) in [6.07, 6.45) is 2.86. The maximum atomic E-state index is 12.9. The minimum atomic E-state index is -0.428. The molecule has 0 aliphatic carbocycles. The minimum absolute atomic E-state index is 0.266. The average Bonchev–Trinajstić information content (AvgIpc) is 2.85. The van der Waals surface area contributed by atoms with Gasteiger partial charge in [0.25, 0.3) is 5.91 Å². The molecule has 0 fully saturated rings.